The first-order valence-corrected chi connectivity index (χ1v) is 6.87. The van der Waals surface area contributed by atoms with Gasteiger partial charge in [0.15, 0.2) is 0 Å². The van der Waals surface area contributed by atoms with Crippen LogP contribution in [0.1, 0.15) is 11.1 Å². The number of amides is 2. The average Bonchev–Trinajstić information content (AvgIpc) is 3.08. The maximum Gasteiger partial charge on any atom is 0.240 e. The fourth-order valence-electron chi connectivity index (χ4n) is 3.42. The summed E-state index contributed by atoms with van der Waals surface area (Å²) >= 11 is 0. The third-order valence-electron chi connectivity index (χ3n) is 4.66. The molecule has 4 atom stereocenters. The molecular weight excluding hydrogens is 254 g/mol. The lowest BCUT2D eigenvalue weighted by Crippen LogP contribution is -2.34. The van der Waals surface area contributed by atoms with Crippen molar-refractivity contribution in [3.05, 3.63) is 41.5 Å². The monoisotopic (exact) mass is 269 g/mol. The fourth-order valence-corrected chi connectivity index (χ4v) is 3.42. The summed E-state index contributed by atoms with van der Waals surface area (Å²) < 4.78 is 5.63. The van der Waals surface area contributed by atoms with Gasteiger partial charge in [-0.25, -0.2) is 4.90 Å². The highest BCUT2D eigenvalue weighted by molar-refractivity contribution is 6.23. The molecule has 4 nitrogen and oxygen atoms in total. The largest absolute Gasteiger partial charge is 0.365 e. The number of anilines is 1. The molecule has 4 heteroatoms. The van der Waals surface area contributed by atoms with Crippen LogP contribution < -0.4 is 4.90 Å². The summed E-state index contributed by atoms with van der Waals surface area (Å²) in [4.78, 5) is 26.5. The first-order chi connectivity index (χ1) is 9.58. The van der Waals surface area contributed by atoms with E-state index in [1.807, 2.05) is 44.2 Å². The van der Waals surface area contributed by atoms with Crippen molar-refractivity contribution in [2.75, 3.05) is 4.90 Å². The van der Waals surface area contributed by atoms with E-state index < -0.39 is 0 Å². The van der Waals surface area contributed by atoms with E-state index in [0.717, 1.165) is 11.1 Å². The van der Waals surface area contributed by atoms with E-state index in [9.17, 15) is 9.59 Å². The van der Waals surface area contributed by atoms with Crippen molar-refractivity contribution in [2.24, 2.45) is 11.8 Å². The minimum absolute atomic E-state index is 0.125. The molecule has 3 heterocycles. The van der Waals surface area contributed by atoms with Crippen molar-refractivity contribution in [3.8, 4) is 0 Å². The Labute approximate surface area is 117 Å². The number of carbonyl (C=O) groups is 2. The lowest BCUT2D eigenvalue weighted by atomic mass is 9.85. The van der Waals surface area contributed by atoms with Crippen LogP contribution in [0.2, 0.25) is 0 Å². The molecule has 0 spiro atoms. The molecule has 2 bridgehead atoms. The Morgan fingerprint density at radius 1 is 0.950 bits per heavy atom. The molecule has 4 rings (SSSR count). The van der Waals surface area contributed by atoms with E-state index in [4.69, 9.17) is 4.74 Å². The van der Waals surface area contributed by atoms with E-state index in [1.165, 1.54) is 4.90 Å². The zero-order chi connectivity index (χ0) is 14.0. The molecule has 0 saturated carbocycles. The number of aryl methyl sites for hydroxylation is 2. The standard InChI is InChI=1S/C16H15NO3/c1-8-3-4-10(7-9(8)2)17-15(18)13-11-5-6-12(20-11)14(13)16(17)19/h3-7,11-14H,1-2H3/t11-,12-,13?,14?/m1/s1. The normalized spacial score (nSPS) is 34.2. The maximum absolute atomic E-state index is 12.6. The summed E-state index contributed by atoms with van der Waals surface area (Å²) in [5, 5.41) is 0. The van der Waals surface area contributed by atoms with Gasteiger partial charge in [-0.15, -0.1) is 0 Å². The van der Waals surface area contributed by atoms with Gasteiger partial charge in [0, 0.05) is 0 Å². The Hall–Kier alpha value is -1.94. The molecule has 3 aliphatic rings. The molecule has 0 N–H and O–H groups in total. The quantitative estimate of drug-likeness (QED) is 0.576. The summed E-state index contributed by atoms with van der Waals surface area (Å²) in [5.41, 5.74) is 2.91. The Bertz CT molecular complexity index is 634. The minimum Gasteiger partial charge on any atom is -0.365 e. The predicted molar refractivity (Wildman–Crippen MR) is 73.2 cm³/mol. The van der Waals surface area contributed by atoms with Crippen LogP contribution in [0.5, 0.6) is 0 Å². The van der Waals surface area contributed by atoms with E-state index in [2.05, 4.69) is 0 Å². The van der Waals surface area contributed by atoms with E-state index in [1.54, 1.807) is 0 Å². The van der Waals surface area contributed by atoms with Crippen molar-refractivity contribution >= 4 is 17.5 Å². The number of imide groups is 1. The van der Waals surface area contributed by atoms with Crippen LogP contribution in [0.3, 0.4) is 0 Å². The summed E-state index contributed by atoms with van der Waals surface area (Å²) in [6.07, 6.45) is 3.36. The van der Waals surface area contributed by atoms with Crippen LogP contribution in [-0.2, 0) is 14.3 Å². The van der Waals surface area contributed by atoms with Crippen molar-refractivity contribution in [1.29, 1.82) is 0 Å². The third kappa shape index (κ3) is 1.34. The molecule has 2 fully saturated rings. The lowest BCUT2D eigenvalue weighted by Gasteiger charge is -2.18. The van der Waals surface area contributed by atoms with Gasteiger partial charge >= 0.3 is 0 Å². The van der Waals surface area contributed by atoms with Crippen LogP contribution in [-0.4, -0.2) is 24.0 Å². The molecule has 2 unspecified atom stereocenters. The van der Waals surface area contributed by atoms with Crippen LogP contribution in [0.15, 0.2) is 30.4 Å². The molecule has 1 aromatic carbocycles. The van der Waals surface area contributed by atoms with Crippen molar-refractivity contribution in [3.63, 3.8) is 0 Å². The van der Waals surface area contributed by atoms with Gasteiger partial charge in [0.2, 0.25) is 11.8 Å². The number of rotatable bonds is 1. The molecule has 0 radical (unpaired) electrons. The van der Waals surface area contributed by atoms with E-state index >= 15 is 0 Å². The fraction of sp³-hybridized carbons (Fsp3) is 0.375. The van der Waals surface area contributed by atoms with Crippen LogP contribution >= 0.6 is 0 Å². The highest BCUT2D eigenvalue weighted by Crippen LogP contribution is 2.46. The number of carbonyl (C=O) groups excluding carboxylic acids is 2. The molecule has 3 aliphatic heterocycles. The molecule has 20 heavy (non-hydrogen) atoms. The van der Waals surface area contributed by atoms with Crippen molar-refractivity contribution in [2.45, 2.75) is 26.1 Å². The Kier molecular flexibility index (Phi) is 2.25. The summed E-state index contributed by atoms with van der Waals surface area (Å²) in [7, 11) is 0. The van der Waals surface area contributed by atoms with Gasteiger partial charge in [-0.2, -0.15) is 0 Å². The van der Waals surface area contributed by atoms with E-state index in [0.29, 0.717) is 5.69 Å². The number of nitrogens with zero attached hydrogens (tertiary/aromatic N) is 1. The molecule has 0 aliphatic carbocycles. The zero-order valence-corrected chi connectivity index (χ0v) is 11.4. The highest BCUT2D eigenvalue weighted by atomic mass is 16.5. The molecule has 102 valence electrons. The Morgan fingerprint density at radius 2 is 1.55 bits per heavy atom. The number of ether oxygens (including phenoxy) is 1. The van der Waals surface area contributed by atoms with Crippen LogP contribution in [0.25, 0.3) is 0 Å². The smallest absolute Gasteiger partial charge is 0.240 e. The van der Waals surface area contributed by atoms with Gasteiger partial charge in [-0.05, 0) is 37.1 Å². The molecule has 2 amide bonds. The predicted octanol–water partition coefficient (Wildman–Crippen LogP) is 1.75. The van der Waals surface area contributed by atoms with Crippen molar-refractivity contribution < 1.29 is 14.3 Å². The van der Waals surface area contributed by atoms with Crippen LogP contribution in [0, 0.1) is 25.7 Å². The SMILES string of the molecule is Cc1ccc(N2C(=O)C3C(C2=O)[C@H]2C=C[C@H]3O2)cc1C. The Morgan fingerprint density at radius 3 is 2.10 bits per heavy atom. The topological polar surface area (TPSA) is 46.6 Å². The maximum atomic E-state index is 12.6. The van der Waals surface area contributed by atoms with Gasteiger partial charge in [0.25, 0.3) is 0 Å². The second kappa shape index (κ2) is 3.79. The van der Waals surface area contributed by atoms with Crippen LogP contribution in [0.4, 0.5) is 5.69 Å². The highest BCUT2D eigenvalue weighted by Gasteiger charge is 2.60. The van der Waals surface area contributed by atoms with Gasteiger partial charge in [0.05, 0.1) is 29.7 Å². The van der Waals surface area contributed by atoms with Crippen molar-refractivity contribution in [1.82, 2.24) is 0 Å². The molecular formula is C16H15NO3. The summed E-state index contributed by atoms with van der Waals surface area (Å²) in [6.45, 7) is 4.00. The first kappa shape index (κ1) is 11.9. The average molecular weight is 269 g/mol. The number of hydrogen-bond acceptors (Lipinski definition) is 3. The zero-order valence-electron chi connectivity index (χ0n) is 11.4. The first-order valence-electron chi connectivity index (χ1n) is 6.87. The number of fused-ring (bicyclic) bond motifs is 5. The van der Waals surface area contributed by atoms with Gasteiger partial charge < -0.3 is 4.74 Å². The third-order valence-corrected chi connectivity index (χ3v) is 4.66. The molecule has 2 saturated heterocycles. The number of hydrogen-bond donors (Lipinski definition) is 0. The van der Waals surface area contributed by atoms with E-state index in [-0.39, 0.29) is 35.9 Å². The summed E-state index contributed by atoms with van der Waals surface area (Å²) in [6, 6.07) is 5.69. The lowest BCUT2D eigenvalue weighted by molar-refractivity contribution is -0.124. The molecule has 0 aromatic heterocycles. The number of benzene rings is 1. The summed E-state index contributed by atoms with van der Waals surface area (Å²) in [5.74, 6) is -0.918. The van der Waals surface area contributed by atoms with Gasteiger partial charge in [-0.3, -0.25) is 9.59 Å². The minimum atomic E-state index is -0.334. The second-order valence-corrected chi connectivity index (χ2v) is 5.78. The van der Waals surface area contributed by atoms with Gasteiger partial charge in [-0.1, -0.05) is 18.2 Å². The Balaban J connectivity index is 1.76. The molecule has 1 aromatic rings. The second-order valence-electron chi connectivity index (χ2n) is 5.78. The van der Waals surface area contributed by atoms with Gasteiger partial charge in [0.1, 0.15) is 0 Å².